The molecular formula is C8H13N5. The summed E-state index contributed by atoms with van der Waals surface area (Å²) in [5.41, 5.74) is 0. The summed E-state index contributed by atoms with van der Waals surface area (Å²) in [7, 11) is 1.82. The molecule has 0 spiro atoms. The monoisotopic (exact) mass is 179 g/mol. The van der Waals surface area contributed by atoms with Gasteiger partial charge < -0.3 is 10.2 Å². The quantitative estimate of drug-likeness (QED) is 0.663. The number of anilines is 2. The van der Waals surface area contributed by atoms with Crippen molar-refractivity contribution in [1.29, 1.82) is 0 Å². The van der Waals surface area contributed by atoms with Crippen LogP contribution in [0.3, 0.4) is 0 Å². The van der Waals surface area contributed by atoms with E-state index in [1.54, 1.807) is 6.20 Å². The zero-order valence-electron chi connectivity index (χ0n) is 7.62. The lowest BCUT2D eigenvalue weighted by Crippen LogP contribution is -2.22. The second-order valence-electron chi connectivity index (χ2n) is 2.91. The summed E-state index contributed by atoms with van der Waals surface area (Å²) >= 11 is 0. The van der Waals surface area contributed by atoms with E-state index in [1.165, 1.54) is 0 Å². The number of hydrogen-bond donors (Lipinski definition) is 2. The van der Waals surface area contributed by atoms with Crippen LogP contribution in [0.4, 0.5) is 11.8 Å². The molecule has 2 heterocycles. The van der Waals surface area contributed by atoms with Gasteiger partial charge in [0, 0.05) is 26.3 Å². The molecule has 5 heteroatoms. The first-order valence-electron chi connectivity index (χ1n) is 4.36. The molecular weight excluding hydrogens is 166 g/mol. The molecule has 0 amide bonds. The molecule has 0 aliphatic carbocycles. The van der Waals surface area contributed by atoms with E-state index in [4.69, 9.17) is 0 Å². The summed E-state index contributed by atoms with van der Waals surface area (Å²) in [6.07, 6.45) is 1.77. The van der Waals surface area contributed by atoms with Crippen molar-refractivity contribution in [2.24, 2.45) is 0 Å². The van der Waals surface area contributed by atoms with Crippen LogP contribution in [0, 0.1) is 0 Å². The Morgan fingerprint density at radius 1 is 1.62 bits per heavy atom. The van der Waals surface area contributed by atoms with Gasteiger partial charge in [0.2, 0.25) is 5.95 Å². The minimum absolute atomic E-state index is 0.671. The highest BCUT2D eigenvalue weighted by molar-refractivity contribution is 5.42. The summed E-state index contributed by atoms with van der Waals surface area (Å²) in [5.74, 6) is 1.65. The minimum Gasteiger partial charge on any atom is -0.357 e. The molecule has 1 aromatic rings. The summed E-state index contributed by atoms with van der Waals surface area (Å²) in [4.78, 5) is 10.6. The lowest BCUT2D eigenvalue weighted by Gasteiger charge is -2.15. The molecule has 1 aliphatic heterocycles. The summed E-state index contributed by atoms with van der Waals surface area (Å²) < 4.78 is 0. The van der Waals surface area contributed by atoms with Gasteiger partial charge in [-0.1, -0.05) is 0 Å². The maximum absolute atomic E-state index is 4.34. The predicted octanol–water partition coefficient (Wildman–Crippen LogP) is -0.115. The average molecular weight is 179 g/mol. The third-order valence-corrected chi connectivity index (χ3v) is 2.05. The molecule has 1 fully saturated rings. The van der Waals surface area contributed by atoms with Gasteiger partial charge in [0.25, 0.3) is 0 Å². The maximum atomic E-state index is 4.34. The second kappa shape index (κ2) is 3.57. The molecule has 2 rings (SSSR count). The van der Waals surface area contributed by atoms with Gasteiger partial charge in [-0.2, -0.15) is 4.98 Å². The van der Waals surface area contributed by atoms with E-state index in [0.717, 1.165) is 25.6 Å². The van der Waals surface area contributed by atoms with Crippen LogP contribution in [0.2, 0.25) is 0 Å². The third-order valence-electron chi connectivity index (χ3n) is 2.05. The maximum Gasteiger partial charge on any atom is 0.224 e. The lowest BCUT2D eigenvalue weighted by molar-refractivity contribution is 0.848. The lowest BCUT2D eigenvalue weighted by atomic mass is 10.5. The first-order valence-corrected chi connectivity index (χ1v) is 4.36. The first kappa shape index (κ1) is 8.25. The van der Waals surface area contributed by atoms with E-state index < -0.39 is 0 Å². The van der Waals surface area contributed by atoms with E-state index in [1.807, 2.05) is 13.1 Å². The molecule has 13 heavy (non-hydrogen) atoms. The van der Waals surface area contributed by atoms with Crippen molar-refractivity contribution < 1.29 is 0 Å². The van der Waals surface area contributed by atoms with Crippen molar-refractivity contribution in [2.75, 3.05) is 37.0 Å². The molecule has 1 saturated heterocycles. The summed E-state index contributed by atoms with van der Waals surface area (Å²) in [6.45, 7) is 2.92. The second-order valence-corrected chi connectivity index (χ2v) is 2.91. The highest BCUT2D eigenvalue weighted by Crippen LogP contribution is 2.12. The number of rotatable bonds is 2. The Morgan fingerprint density at radius 2 is 2.54 bits per heavy atom. The average Bonchev–Trinajstić information content (AvgIpc) is 2.71. The van der Waals surface area contributed by atoms with Crippen LogP contribution in [0.1, 0.15) is 0 Å². The number of hydrogen-bond acceptors (Lipinski definition) is 5. The van der Waals surface area contributed by atoms with Crippen LogP contribution in [-0.4, -0.2) is 36.8 Å². The van der Waals surface area contributed by atoms with Crippen molar-refractivity contribution in [3.05, 3.63) is 12.3 Å². The van der Waals surface area contributed by atoms with E-state index >= 15 is 0 Å². The van der Waals surface area contributed by atoms with Crippen molar-refractivity contribution in [1.82, 2.24) is 15.3 Å². The van der Waals surface area contributed by atoms with Crippen molar-refractivity contribution in [2.45, 2.75) is 0 Å². The Morgan fingerprint density at radius 3 is 3.23 bits per heavy atom. The van der Waals surface area contributed by atoms with Crippen LogP contribution in [0.15, 0.2) is 12.3 Å². The zero-order valence-corrected chi connectivity index (χ0v) is 7.62. The van der Waals surface area contributed by atoms with Crippen LogP contribution >= 0.6 is 0 Å². The van der Waals surface area contributed by atoms with Crippen LogP contribution in [0.5, 0.6) is 0 Å². The molecule has 1 aliphatic rings. The minimum atomic E-state index is 0.671. The van der Waals surface area contributed by atoms with E-state index in [0.29, 0.717) is 5.95 Å². The van der Waals surface area contributed by atoms with Gasteiger partial charge in [-0.25, -0.2) is 4.98 Å². The van der Waals surface area contributed by atoms with Crippen LogP contribution < -0.4 is 15.5 Å². The predicted molar refractivity (Wildman–Crippen MR) is 51.8 cm³/mol. The van der Waals surface area contributed by atoms with Gasteiger partial charge in [0.05, 0.1) is 6.67 Å². The molecule has 2 N–H and O–H groups in total. The fourth-order valence-corrected chi connectivity index (χ4v) is 1.35. The van der Waals surface area contributed by atoms with Crippen molar-refractivity contribution >= 4 is 11.8 Å². The Hall–Kier alpha value is -1.36. The SMILES string of the molecule is CNc1nccc(N2CCNC2)n1. The van der Waals surface area contributed by atoms with E-state index in [2.05, 4.69) is 25.5 Å². The Kier molecular flexibility index (Phi) is 2.27. The topological polar surface area (TPSA) is 53.1 Å². The third kappa shape index (κ3) is 1.70. The number of nitrogens with one attached hydrogen (secondary N) is 2. The van der Waals surface area contributed by atoms with Crippen LogP contribution in [-0.2, 0) is 0 Å². The molecule has 5 nitrogen and oxygen atoms in total. The van der Waals surface area contributed by atoms with E-state index in [-0.39, 0.29) is 0 Å². The molecule has 0 bridgehead atoms. The smallest absolute Gasteiger partial charge is 0.224 e. The van der Waals surface area contributed by atoms with Gasteiger partial charge >= 0.3 is 0 Å². The first-order chi connectivity index (χ1) is 6.40. The molecule has 1 aromatic heterocycles. The Labute approximate surface area is 77.2 Å². The Balaban J connectivity index is 2.18. The fourth-order valence-electron chi connectivity index (χ4n) is 1.35. The highest BCUT2D eigenvalue weighted by atomic mass is 15.3. The molecule has 0 unspecified atom stereocenters. The zero-order chi connectivity index (χ0) is 9.10. The van der Waals surface area contributed by atoms with Gasteiger partial charge in [0.15, 0.2) is 0 Å². The number of nitrogens with zero attached hydrogens (tertiary/aromatic N) is 3. The highest BCUT2D eigenvalue weighted by Gasteiger charge is 2.12. The van der Waals surface area contributed by atoms with Gasteiger partial charge in [-0.15, -0.1) is 0 Å². The standard InChI is InChI=1S/C8H13N5/c1-9-8-11-3-2-7(12-8)13-5-4-10-6-13/h2-3,10H,4-6H2,1H3,(H,9,11,12). The Bertz CT molecular complexity index is 282. The summed E-state index contributed by atoms with van der Waals surface area (Å²) in [5, 5.41) is 6.17. The number of aromatic nitrogens is 2. The summed E-state index contributed by atoms with van der Waals surface area (Å²) in [6, 6.07) is 1.92. The van der Waals surface area contributed by atoms with Crippen molar-refractivity contribution in [3.63, 3.8) is 0 Å². The van der Waals surface area contributed by atoms with Crippen molar-refractivity contribution in [3.8, 4) is 0 Å². The molecule has 0 saturated carbocycles. The molecule has 0 aromatic carbocycles. The molecule has 0 atom stereocenters. The largest absolute Gasteiger partial charge is 0.357 e. The molecule has 70 valence electrons. The van der Waals surface area contributed by atoms with Gasteiger partial charge in [0.1, 0.15) is 5.82 Å². The van der Waals surface area contributed by atoms with Crippen LogP contribution in [0.25, 0.3) is 0 Å². The normalized spacial score (nSPS) is 16.2. The van der Waals surface area contributed by atoms with Gasteiger partial charge in [-0.3, -0.25) is 5.32 Å². The van der Waals surface area contributed by atoms with E-state index in [9.17, 15) is 0 Å². The fraction of sp³-hybridized carbons (Fsp3) is 0.500. The van der Waals surface area contributed by atoms with Gasteiger partial charge in [-0.05, 0) is 6.07 Å². The molecule has 0 radical (unpaired) electrons.